The quantitative estimate of drug-likeness (QED) is 0.504. The lowest BCUT2D eigenvalue weighted by Gasteiger charge is -2.27. The molecule has 0 unspecified atom stereocenters. The SMILES string of the molecule is C=CC(=O)Nc1ccccc1Nc1nc(N[C@@H]2CCC[C@H](C(=O)O)C2)ncc1Cl. The van der Waals surface area contributed by atoms with Gasteiger partial charge in [0.25, 0.3) is 0 Å². The van der Waals surface area contributed by atoms with E-state index in [1.165, 1.54) is 12.3 Å². The van der Waals surface area contributed by atoms with E-state index in [4.69, 9.17) is 11.6 Å². The van der Waals surface area contributed by atoms with Crippen LogP contribution in [0.3, 0.4) is 0 Å². The summed E-state index contributed by atoms with van der Waals surface area (Å²) in [6.07, 6.45) is 5.57. The number of carbonyl (C=O) groups excluding carboxylic acids is 1. The maximum absolute atomic E-state index is 11.6. The van der Waals surface area contributed by atoms with Gasteiger partial charge < -0.3 is 21.1 Å². The summed E-state index contributed by atoms with van der Waals surface area (Å²) in [6.45, 7) is 3.45. The molecule has 0 bridgehead atoms. The molecule has 0 spiro atoms. The van der Waals surface area contributed by atoms with Gasteiger partial charge in [-0.3, -0.25) is 9.59 Å². The fraction of sp³-hybridized carbons (Fsp3) is 0.300. The zero-order valence-corrected chi connectivity index (χ0v) is 16.4. The number of halogens is 1. The fourth-order valence-corrected chi connectivity index (χ4v) is 3.40. The summed E-state index contributed by atoms with van der Waals surface area (Å²) in [5.74, 6) is -0.725. The van der Waals surface area contributed by atoms with Gasteiger partial charge in [-0.15, -0.1) is 0 Å². The van der Waals surface area contributed by atoms with Crippen molar-refractivity contribution in [1.82, 2.24) is 9.97 Å². The van der Waals surface area contributed by atoms with E-state index >= 15 is 0 Å². The summed E-state index contributed by atoms with van der Waals surface area (Å²) < 4.78 is 0. The van der Waals surface area contributed by atoms with Crippen LogP contribution < -0.4 is 16.0 Å². The van der Waals surface area contributed by atoms with E-state index in [1.54, 1.807) is 18.2 Å². The van der Waals surface area contributed by atoms with Crippen molar-refractivity contribution in [3.63, 3.8) is 0 Å². The number of hydrogen-bond donors (Lipinski definition) is 4. The number of carbonyl (C=O) groups is 2. The second-order valence-corrected chi connectivity index (χ2v) is 7.20. The third-order valence-electron chi connectivity index (χ3n) is 4.72. The molecular formula is C20H22ClN5O3. The predicted molar refractivity (Wildman–Crippen MR) is 113 cm³/mol. The molecule has 2 aromatic rings. The second-order valence-electron chi connectivity index (χ2n) is 6.80. The van der Waals surface area contributed by atoms with Crippen molar-refractivity contribution in [1.29, 1.82) is 0 Å². The number of carboxylic acid groups (broad SMARTS) is 1. The van der Waals surface area contributed by atoms with Crippen LogP contribution in [0, 0.1) is 5.92 Å². The molecule has 8 nitrogen and oxygen atoms in total. The predicted octanol–water partition coefficient (Wildman–Crippen LogP) is 4.05. The summed E-state index contributed by atoms with van der Waals surface area (Å²) in [4.78, 5) is 31.5. The normalized spacial score (nSPS) is 18.5. The number of rotatable bonds is 7. The second kappa shape index (κ2) is 9.38. The van der Waals surface area contributed by atoms with Gasteiger partial charge in [0, 0.05) is 6.04 Å². The van der Waals surface area contributed by atoms with E-state index in [-0.39, 0.29) is 17.9 Å². The Kier molecular flexibility index (Phi) is 6.66. The first-order valence-electron chi connectivity index (χ1n) is 9.27. The number of nitrogens with one attached hydrogen (secondary N) is 3. The number of nitrogens with zero attached hydrogens (tertiary/aromatic N) is 2. The molecule has 9 heteroatoms. The van der Waals surface area contributed by atoms with Gasteiger partial charge in [-0.05, 0) is 37.5 Å². The molecule has 1 amide bonds. The first-order chi connectivity index (χ1) is 14.0. The molecular weight excluding hydrogens is 394 g/mol. The number of aliphatic carboxylic acids is 1. The van der Waals surface area contributed by atoms with Crippen LogP contribution in [0.4, 0.5) is 23.1 Å². The Morgan fingerprint density at radius 2 is 2.00 bits per heavy atom. The number of benzene rings is 1. The molecule has 1 aromatic heterocycles. The number of anilines is 4. The van der Waals surface area contributed by atoms with Crippen LogP contribution in [0.1, 0.15) is 25.7 Å². The van der Waals surface area contributed by atoms with Crippen LogP contribution >= 0.6 is 11.6 Å². The largest absolute Gasteiger partial charge is 0.481 e. The number of hydrogen-bond acceptors (Lipinski definition) is 6. The van der Waals surface area contributed by atoms with Gasteiger partial charge in [-0.2, -0.15) is 4.98 Å². The smallest absolute Gasteiger partial charge is 0.306 e. The Bertz CT molecular complexity index is 921. The maximum Gasteiger partial charge on any atom is 0.306 e. The van der Waals surface area contributed by atoms with Crippen molar-refractivity contribution in [3.05, 3.63) is 48.1 Å². The Morgan fingerprint density at radius 1 is 1.24 bits per heavy atom. The van der Waals surface area contributed by atoms with Crippen molar-refractivity contribution in [3.8, 4) is 0 Å². The zero-order chi connectivity index (χ0) is 20.8. The lowest BCUT2D eigenvalue weighted by Crippen LogP contribution is -2.31. The highest BCUT2D eigenvalue weighted by atomic mass is 35.5. The van der Waals surface area contributed by atoms with Gasteiger partial charge in [0.15, 0.2) is 5.82 Å². The summed E-state index contributed by atoms with van der Waals surface area (Å²) >= 11 is 6.24. The summed E-state index contributed by atoms with van der Waals surface area (Å²) in [5, 5.41) is 18.6. The molecule has 4 N–H and O–H groups in total. The molecule has 1 fully saturated rings. The van der Waals surface area contributed by atoms with E-state index < -0.39 is 5.97 Å². The third kappa shape index (κ3) is 5.45. The molecule has 0 radical (unpaired) electrons. The van der Waals surface area contributed by atoms with Gasteiger partial charge in [0.05, 0.1) is 23.5 Å². The minimum absolute atomic E-state index is 0.0157. The summed E-state index contributed by atoms with van der Waals surface area (Å²) in [5.41, 5.74) is 1.16. The van der Waals surface area contributed by atoms with Crippen LogP contribution in [-0.4, -0.2) is 33.0 Å². The average Bonchev–Trinajstić information content (AvgIpc) is 2.72. The van der Waals surface area contributed by atoms with Crippen LogP contribution in [0.2, 0.25) is 5.02 Å². The van der Waals surface area contributed by atoms with E-state index in [0.717, 1.165) is 12.8 Å². The van der Waals surface area contributed by atoms with E-state index in [1.807, 2.05) is 6.07 Å². The molecule has 1 aromatic carbocycles. The third-order valence-corrected chi connectivity index (χ3v) is 5.00. The molecule has 1 aliphatic rings. The van der Waals surface area contributed by atoms with E-state index in [9.17, 15) is 14.7 Å². The van der Waals surface area contributed by atoms with Crippen LogP contribution in [0.15, 0.2) is 43.1 Å². The summed E-state index contributed by atoms with van der Waals surface area (Å²) in [6, 6.07) is 7.11. The topological polar surface area (TPSA) is 116 Å². The Morgan fingerprint density at radius 3 is 2.72 bits per heavy atom. The molecule has 152 valence electrons. The minimum atomic E-state index is -0.769. The van der Waals surface area contributed by atoms with Gasteiger partial charge in [0.2, 0.25) is 11.9 Å². The standard InChI is InChI=1S/C20H22ClN5O3/c1-2-17(27)24-15-8-3-4-9-16(15)25-18-14(21)11-22-20(26-18)23-13-7-5-6-12(10-13)19(28)29/h2-4,8-9,11-13H,1,5-7,10H2,(H,24,27)(H,28,29)(H2,22,23,25,26)/t12-,13+/m0/s1. The fourth-order valence-electron chi connectivity index (χ4n) is 3.26. The van der Waals surface area contributed by atoms with Gasteiger partial charge in [-0.25, -0.2) is 4.98 Å². The lowest BCUT2D eigenvalue weighted by atomic mass is 9.86. The number of carboxylic acids is 1. The molecule has 3 rings (SSSR count). The monoisotopic (exact) mass is 415 g/mol. The molecule has 1 saturated carbocycles. The van der Waals surface area contributed by atoms with Crippen molar-refractivity contribution in [2.45, 2.75) is 31.7 Å². The van der Waals surface area contributed by atoms with E-state index in [2.05, 4.69) is 32.5 Å². The molecule has 2 atom stereocenters. The summed E-state index contributed by atoms with van der Waals surface area (Å²) in [7, 11) is 0. The van der Waals surface area contributed by atoms with E-state index in [0.29, 0.717) is 41.0 Å². The van der Waals surface area contributed by atoms with Crippen LogP contribution in [0.5, 0.6) is 0 Å². The molecule has 1 aliphatic carbocycles. The average molecular weight is 416 g/mol. The zero-order valence-electron chi connectivity index (χ0n) is 15.7. The molecule has 29 heavy (non-hydrogen) atoms. The van der Waals surface area contributed by atoms with Crippen molar-refractivity contribution in [2.75, 3.05) is 16.0 Å². The highest BCUT2D eigenvalue weighted by Crippen LogP contribution is 2.30. The van der Waals surface area contributed by atoms with Crippen molar-refractivity contribution < 1.29 is 14.7 Å². The Hall–Kier alpha value is -3.13. The first kappa shape index (κ1) is 20.6. The first-order valence-corrected chi connectivity index (χ1v) is 9.65. The van der Waals surface area contributed by atoms with Crippen molar-refractivity contribution >= 4 is 46.6 Å². The van der Waals surface area contributed by atoms with Crippen LogP contribution in [-0.2, 0) is 9.59 Å². The lowest BCUT2D eigenvalue weighted by molar-refractivity contribution is -0.142. The molecule has 0 saturated heterocycles. The highest BCUT2D eigenvalue weighted by Gasteiger charge is 2.27. The van der Waals surface area contributed by atoms with Crippen LogP contribution in [0.25, 0.3) is 0 Å². The highest BCUT2D eigenvalue weighted by molar-refractivity contribution is 6.33. The minimum Gasteiger partial charge on any atom is -0.481 e. The van der Waals surface area contributed by atoms with Crippen molar-refractivity contribution in [2.24, 2.45) is 5.92 Å². The maximum atomic E-state index is 11.6. The van der Waals surface area contributed by atoms with Gasteiger partial charge in [0.1, 0.15) is 5.02 Å². The number of para-hydroxylation sites is 2. The number of aromatic nitrogens is 2. The number of amides is 1. The van der Waals surface area contributed by atoms with Gasteiger partial charge in [-0.1, -0.05) is 36.7 Å². The van der Waals surface area contributed by atoms with Gasteiger partial charge >= 0.3 is 5.97 Å². The molecule has 1 heterocycles. The molecule has 0 aliphatic heterocycles. The Labute approximate surface area is 173 Å². The Balaban J connectivity index is 1.76.